The van der Waals surface area contributed by atoms with Crippen LogP contribution in [0.2, 0.25) is 0 Å². The van der Waals surface area contributed by atoms with Gasteiger partial charge in [0.15, 0.2) is 5.79 Å². The van der Waals surface area contributed by atoms with Gasteiger partial charge >= 0.3 is 0 Å². The van der Waals surface area contributed by atoms with Crippen molar-refractivity contribution in [2.24, 2.45) is 5.73 Å². The smallest absolute Gasteiger partial charge is 0.252 e. The molecule has 1 rings (SSSR count). The number of carbonyl (C=O) groups is 1. The number of carbonyl (C=O) groups excluding carboxylic acids is 1. The molecule has 0 aliphatic heterocycles. The van der Waals surface area contributed by atoms with Gasteiger partial charge in [0.1, 0.15) is 5.75 Å². The van der Waals surface area contributed by atoms with Crippen molar-refractivity contribution >= 4 is 18.3 Å². The lowest BCUT2D eigenvalue weighted by molar-refractivity contribution is -0.213. The molecule has 1 amide bonds. The Morgan fingerprint density at radius 3 is 2.46 bits per heavy atom. The number of amides is 1. The molecule has 0 aliphatic rings. The van der Waals surface area contributed by atoms with Crippen LogP contribution in [0.15, 0.2) is 18.2 Å². The van der Waals surface area contributed by atoms with Crippen molar-refractivity contribution in [2.45, 2.75) is 51.0 Å². The number of aromatic hydroxyl groups is 1. The van der Waals surface area contributed by atoms with Crippen LogP contribution in [0.4, 0.5) is 0 Å². The van der Waals surface area contributed by atoms with Crippen LogP contribution in [0.1, 0.15) is 55.1 Å². The molecule has 1 aromatic carbocycles. The number of benzene rings is 1. The van der Waals surface area contributed by atoms with E-state index in [2.05, 4.69) is 5.32 Å². The molecule has 7 nitrogen and oxygen atoms in total. The summed E-state index contributed by atoms with van der Waals surface area (Å²) in [6.45, 7) is 4.34. The van der Waals surface area contributed by atoms with Crippen molar-refractivity contribution in [3.05, 3.63) is 29.3 Å². The van der Waals surface area contributed by atoms with Crippen molar-refractivity contribution in [2.75, 3.05) is 20.8 Å². The van der Waals surface area contributed by atoms with Gasteiger partial charge in [0.05, 0.1) is 11.7 Å². The average molecular weight is 391 g/mol. The van der Waals surface area contributed by atoms with Crippen molar-refractivity contribution in [3.63, 3.8) is 0 Å². The number of hydrogen-bond donors (Lipinski definition) is 4. The Balaban J connectivity index is 0.00000625. The molecule has 5 N–H and O–H groups in total. The average Bonchev–Trinajstić information content (AvgIpc) is 2.61. The predicted molar refractivity (Wildman–Crippen MR) is 103 cm³/mol. The van der Waals surface area contributed by atoms with E-state index in [0.29, 0.717) is 12.1 Å². The van der Waals surface area contributed by atoms with Crippen LogP contribution in [0.25, 0.3) is 0 Å². The van der Waals surface area contributed by atoms with Gasteiger partial charge in [-0.3, -0.25) is 4.79 Å². The summed E-state index contributed by atoms with van der Waals surface area (Å²) >= 11 is 0. The third kappa shape index (κ3) is 6.74. The zero-order valence-electron chi connectivity index (χ0n) is 15.8. The first kappa shape index (κ1) is 24.6. The molecule has 0 bridgehead atoms. The molecular weight excluding hydrogens is 360 g/mol. The number of aliphatic hydroxyl groups excluding tert-OH is 1. The Bertz CT molecular complexity index is 558. The second-order valence-electron chi connectivity index (χ2n) is 6.18. The van der Waals surface area contributed by atoms with E-state index in [4.69, 9.17) is 15.2 Å². The molecule has 0 radical (unpaired) electrons. The SMILES string of the molecule is CCC(CCC(C)NCC(O)c1ccc(O)c(C(N)=O)c1)(OC)OC.Cl. The van der Waals surface area contributed by atoms with Gasteiger partial charge in [0.25, 0.3) is 5.91 Å². The molecule has 0 saturated carbocycles. The highest BCUT2D eigenvalue weighted by molar-refractivity contribution is 5.95. The Morgan fingerprint density at radius 1 is 1.35 bits per heavy atom. The Kier molecular flexibility index (Phi) is 10.8. The first-order chi connectivity index (χ1) is 11.8. The van der Waals surface area contributed by atoms with Gasteiger partial charge in [-0.1, -0.05) is 13.0 Å². The standard InChI is InChI=1S/C18H30N2O5.ClH/c1-5-18(24-3,25-4)9-8-12(2)20-11-16(22)13-6-7-15(21)14(10-13)17(19)23;/h6-7,10,12,16,20-22H,5,8-9,11H2,1-4H3,(H2,19,23);1H. The van der Waals surface area contributed by atoms with E-state index in [1.807, 2.05) is 13.8 Å². The number of primary amides is 1. The maximum absolute atomic E-state index is 11.3. The summed E-state index contributed by atoms with van der Waals surface area (Å²) in [6, 6.07) is 4.47. The largest absolute Gasteiger partial charge is 0.507 e. The molecule has 0 saturated heterocycles. The summed E-state index contributed by atoms with van der Waals surface area (Å²) in [4.78, 5) is 11.3. The Morgan fingerprint density at radius 2 is 1.96 bits per heavy atom. The molecule has 0 spiro atoms. The minimum atomic E-state index is -0.818. The Labute approximate surface area is 161 Å². The third-order valence-corrected chi connectivity index (χ3v) is 4.57. The summed E-state index contributed by atoms with van der Waals surface area (Å²) in [6.07, 6.45) is 1.47. The van der Waals surface area contributed by atoms with Crippen LogP contribution < -0.4 is 11.1 Å². The summed E-state index contributed by atoms with van der Waals surface area (Å²) in [5, 5.41) is 23.1. The zero-order valence-corrected chi connectivity index (χ0v) is 16.6. The maximum atomic E-state index is 11.3. The quantitative estimate of drug-likeness (QED) is 0.430. The second-order valence-corrected chi connectivity index (χ2v) is 6.18. The fraction of sp³-hybridized carbons (Fsp3) is 0.611. The molecule has 0 fully saturated rings. The number of rotatable bonds is 11. The zero-order chi connectivity index (χ0) is 19.0. The van der Waals surface area contributed by atoms with Crippen LogP contribution in [0.3, 0.4) is 0 Å². The van der Waals surface area contributed by atoms with Crippen LogP contribution >= 0.6 is 12.4 Å². The summed E-state index contributed by atoms with van der Waals surface area (Å²) in [5.74, 6) is -1.51. The van der Waals surface area contributed by atoms with Crippen LogP contribution in [0, 0.1) is 0 Å². The molecule has 1 aromatic rings. The molecule has 2 unspecified atom stereocenters. The molecule has 0 heterocycles. The lowest BCUT2D eigenvalue weighted by Gasteiger charge is -2.31. The fourth-order valence-electron chi connectivity index (χ4n) is 2.68. The monoisotopic (exact) mass is 390 g/mol. The van der Waals surface area contributed by atoms with Gasteiger partial charge < -0.3 is 30.7 Å². The van der Waals surface area contributed by atoms with Gasteiger partial charge in [-0.2, -0.15) is 0 Å². The van der Waals surface area contributed by atoms with Gasteiger partial charge in [-0.25, -0.2) is 0 Å². The van der Waals surface area contributed by atoms with E-state index < -0.39 is 17.8 Å². The summed E-state index contributed by atoms with van der Waals surface area (Å²) in [5.41, 5.74) is 5.72. The molecule has 8 heteroatoms. The lowest BCUT2D eigenvalue weighted by Crippen LogP contribution is -2.37. The molecule has 0 aliphatic carbocycles. The van der Waals surface area contributed by atoms with Crippen molar-refractivity contribution in [1.29, 1.82) is 0 Å². The highest BCUT2D eigenvalue weighted by Gasteiger charge is 2.27. The highest BCUT2D eigenvalue weighted by atomic mass is 35.5. The minimum absolute atomic E-state index is 0. The van der Waals surface area contributed by atoms with E-state index >= 15 is 0 Å². The Hall–Kier alpha value is -1.38. The molecule has 2 atom stereocenters. The van der Waals surface area contributed by atoms with Gasteiger partial charge in [0, 0.05) is 33.2 Å². The number of methoxy groups -OCH3 is 2. The first-order valence-electron chi connectivity index (χ1n) is 8.43. The third-order valence-electron chi connectivity index (χ3n) is 4.57. The van der Waals surface area contributed by atoms with E-state index in [1.165, 1.54) is 12.1 Å². The van der Waals surface area contributed by atoms with E-state index in [-0.39, 0.29) is 29.8 Å². The van der Waals surface area contributed by atoms with E-state index in [0.717, 1.165) is 19.3 Å². The highest BCUT2D eigenvalue weighted by Crippen LogP contribution is 2.24. The topological polar surface area (TPSA) is 114 Å². The molecule has 0 aromatic heterocycles. The second kappa shape index (κ2) is 11.4. The predicted octanol–water partition coefficient (Wildman–Crippen LogP) is 2.10. The number of phenols is 1. The van der Waals surface area contributed by atoms with Gasteiger partial charge in [-0.15, -0.1) is 12.4 Å². The number of ether oxygens (including phenoxy) is 2. The van der Waals surface area contributed by atoms with Crippen LogP contribution in [-0.4, -0.2) is 48.7 Å². The van der Waals surface area contributed by atoms with Gasteiger partial charge in [0.2, 0.25) is 0 Å². The summed E-state index contributed by atoms with van der Waals surface area (Å²) in [7, 11) is 3.27. The molecule has 150 valence electrons. The number of aliphatic hydroxyl groups is 1. The van der Waals surface area contributed by atoms with Crippen LogP contribution in [0.5, 0.6) is 5.75 Å². The van der Waals surface area contributed by atoms with Crippen molar-refractivity contribution in [1.82, 2.24) is 5.32 Å². The number of hydrogen-bond acceptors (Lipinski definition) is 6. The number of nitrogens with two attached hydrogens (primary N) is 1. The fourth-order valence-corrected chi connectivity index (χ4v) is 2.68. The number of nitrogens with one attached hydrogen (secondary N) is 1. The minimum Gasteiger partial charge on any atom is -0.507 e. The first-order valence-corrected chi connectivity index (χ1v) is 8.43. The van der Waals surface area contributed by atoms with Crippen LogP contribution in [-0.2, 0) is 9.47 Å². The van der Waals surface area contributed by atoms with Crippen molar-refractivity contribution in [3.8, 4) is 5.75 Å². The van der Waals surface area contributed by atoms with E-state index in [1.54, 1.807) is 20.3 Å². The maximum Gasteiger partial charge on any atom is 0.252 e. The molecular formula is C18H31ClN2O5. The summed E-state index contributed by atoms with van der Waals surface area (Å²) < 4.78 is 10.9. The van der Waals surface area contributed by atoms with Crippen molar-refractivity contribution < 1.29 is 24.5 Å². The van der Waals surface area contributed by atoms with Gasteiger partial charge in [-0.05, 0) is 37.5 Å². The normalized spacial score (nSPS) is 13.7. The lowest BCUT2D eigenvalue weighted by atomic mass is 10.0. The van der Waals surface area contributed by atoms with E-state index in [9.17, 15) is 15.0 Å². The molecule has 26 heavy (non-hydrogen) atoms. The number of halogens is 1.